The van der Waals surface area contributed by atoms with Gasteiger partial charge in [-0.3, -0.25) is 4.79 Å². The summed E-state index contributed by atoms with van der Waals surface area (Å²) in [5.41, 5.74) is 1.71. The van der Waals surface area contributed by atoms with Crippen LogP contribution in [0.3, 0.4) is 0 Å². The summed E-state index contributed by atoms with van der Waals surface area (Å²) >= 11 is 14.1. The second kappa shape index (κ2) is 8.35. The maximum absolute atomic E-state index is 12.7. The summed E-state index contributed by atoms with van der Waals surface area (Å²) in [4.78, 5) is 14.3. The molecule has 2 aromatic carbocycles. The zero-order valence-electron chi connectivity index (χ0n) is 14.1. The van der Waals surface area contributed by atoms with Gasteiger partial charge in [0.15, 0.2) is 8.29 Å². The Morgan fingerprint density at radius 1 is 1.23 bits per heavy atom. The van der Waals surface area contributed by atoms with Crippen LogP contribution < -0.4 is 4.90 Å². The molecule has 1 atom stereocenters. The van der Waals surface area contributed by atoms with Gasteiger partial charge < -0.3 is 4.90 Å². The van der Waals surface area contributed by atoms with Gasteiger partial charge in [0, 0.05) is 17.8 Å². The monoisotopic (exact) mass is 421 g/mol. The molecule has 1 amide bonds. The first-order valence-electron chi connectivity index (χ1n) is 7.81. The van der Waals surface area contributed by atoms with Crippen LogP contribution >= 0.6 is 46.9 Å². The summed E-state index contributed by atoms with van der Waals surface area (Å²) in [7, 11) is 1.78. The summed E-state index contributed by atoms with van der Waals surface area (Å²) in [5.74, 6) is 0.0142. The number of nitrogens with zero attached hydrogens (tertiary/aromatic N) is 3. The SMILES string of the molecule is CC(Sc1nn(-c2ccc(Cl)cc2)c(=S)s1)C(=O)N(C)c1ccccc1. The smallest absolute Gasteiger partial charge is 0.240 e. The molecule has 26 heavy (non-hydrogen) atoms. The van der Waals surface area contributed by atoms with E-state index in [-0.39, 0.29) is 11.2 Å². The highest BCUT2D eigenvalue weighted by Crippen LogP contribution is 2.29. The van der Waals surface area contributed by atoms with E-state index in [2.05, 4.69) is 5.10 Å². The van der Waals surface area contributed by atoms with Crippen LogP contribution in [0.5, 0.6) is 0 Å². The van der Waals surface area contributed by atoms with Crippen molar-refractivity contribution in [1.29, 1.82) is 0 Å². The Morgan fingerprint density at radius 3 is 2.54 bits per heavy atom. The van der Waals surface area contributed by atoms with E-state index in [0.29, 0.717) is 8.98 Å². The highest BCUT2D eigenvalue weighted by molar-refractivity contribution is 8.02. The van der Waals surface area contributed by atoms with Gasteiger partial charge in [-0.2, -0.15) is 0 Å². The van der Waals surface area contributed by atoms with E-state index < -0.39 is 0 Å². The summed E-state index contributed by atoms with van der Waals surface area (Å²) in [6, 6.07) is 16.9. The first-order chi connectivity index (χ1) is 12.5. The van der Waals surface area contributed by atoms with E-state index in [0.717, 1.165) is 15.7 Å². The van der Waals surface area contributed by atoms with Crippen molar-refractivity contribution in [1.82, 2.24) is 9.78 Å². The van der Waals surface area contributed by atoms with Crippen molar-refractivity contribution in [3.8, 4) is 5.69 Å². The van der Waals surface area contributed by atoms with Crippen LogP contribution in [-0.4, -0.2) is 28.0 Å². The summed E-state index contributed by atoms with van der Waals surface area (Å²) in [6.07, 6.45) is 0. The predicted molar refractivity (Wildman–Crippen MR) is 112 cm³/mol. The fourth-order valence-electron chi connectivity index (χ4n) is 2.31. The number of para-hydroxylation sites is 1. The highest BCUT2D eigenvalue weighted by Gasteiger charge is 2.21. The van der Waals surface area contributed by atoms with Crippen molar-refractivity contribution in [2.75, 3.05) is 11.9 Å². The molecule has 1 aromatic heterocycles. The third-order valence-electron chi connectivity index (χ3n) is 3.70. The minimum absolute atomic E-state index is 0.0142. The van der Waals surface area contributed by atoms with Crippen LogP contribution in [0.25, 0.3) is 5.69 Å². The Balaban J connectivity index is 1.74. The second-order valence-electron chi connectivity index (χ2n) is 5.51. The van der Waals surface area contributed by atoms with Gasteiger partial charge >= 0.3 is 0 Å². The average molecular weight is 422 g/mol. The zero-order valence-corrected chi connectivity index (χ0v) is 17.3. The molecular formula is C18H16ClN3OS3. The van der Waals surface area contributed by atoms with Crippen LogP contribution in [0.15, 0.2) is 58.9 Å². The van der Waals surface area contributed by atoms with Gasteiger partial charge in [0.1, 0.15) is 0 Å². The van der Waals surface area contributed by atoms with E-state index in [1.807, 2.05) is 49.4 Å². The number of carbonyl (C=O) groups excluding carboxylic acids is 1. The van der Waals surface area contributed by atoms with Crippen LogP contribution in [-0.2, 0) is 4.79 Å². The lowest BCUT2D eigenvalue weighted by Crippen LogP contribution is -2.33. The number of rotatable bonds is 5. The van der Waals surface area contributed by atoms with E-state index in [4.69, 9.17) is 23.8 Å². The molecule has 0 saturated heterocycles. The topological polar surface area (TPSA) is 38.1 Å². The number of carbonyl (C=O) groups is 1. The number of benzene rings is 2. The number of thioether (sulfide) groups is 1. The Morgan fingerprint density at radius 2 is 1.88 bits per heavy atom. The van der Waals surface area contributed by atoms with Gasteiger partial charge in [-0.05, 0) is 55.5 Å². The molecular weight excluding hydrogens is 406 g/mol. The van der Waals surface area contributed by atoms with Gasteiger partial charge in [-0.15, -0.1) is 5.10 Å². The summed E-state index contributed by atoms with van der Waals surface area (Å²) < 4.78 is 3.08. The quantitative estimate of drug-likeness (QED) is 0.405. The van der Waals surface area contributed by atoms with Gasteiger partial charge in [0.05, 0.1) is 10.9 Å². The van der Waals surface area contributed by atoms with Gasteiger partial charge in [-0.1, -0.05) is 52.9 Å². The fourth-order valence-corrected chi connectivity index (χ4v) is 5.03. The molecule has 134 valence electrons. The third-order valence-corrected chi connectivity index (χ3v) is 6.36. The van der Waals surface area contributed by atoms with Crippen molar-refractivity contribution < 1.29 is 4.79 Å². The maximum atomic E-state index is 12.7. The van der Waals surface area contributed by atoms with Crippen LogP contribution in [0.4, 0.5) is 5.69 Å². The number of aromatic nitrogens is 2. The zero-order chi connectivity index (χ0) is 18.7. The highest BCUT2D eigenvalue weighted by atomic mass is 35.5. The molecule has 0 fully saturated rings. The van der Waals surface area contributed by atoms with E-state index in [1.54, 1.807) is 28.8 Å². The Bertz CT molecular complexity index is 954. The molecule has 0 aliphatic rings. The maximum Gasteiger partial charge on any atom is 0.240 e. The normalized spacial score (nSPS) is 12.0. The molecule has 1 unspecified atom stereocenters. The molecule has 0 bridgehead atoms. The van der Waals surface area contributed by atoms with Crippen LogP contribution in [0.1, 0.15) is 6.92 Å². The lowest BCUT2D eigenvalue weighted by Gasteiger charge is -2.20. The van der Waals surface area contributed by atoms with Crippen molar-refractivity contribution in [2.45, 2.75) is 16.5 Å². The third kappa shape index (κ3) is 4.35. The number of hydrogen-bond acceptors (Lipinski definition) is 5. The minimum atomic E-state index is -0.278. The largest absolute Gasteiger partial charge is 0.315 e. The van der Waals surface area contributed by atoms with E-state index in [1.165, 1.54) is 23.1 Å². The molecule has 3 aromatic rings. The second-order valence-corrected chi connectivity index (χ2v) is 9.16. The molecule has 0 aliphatic heterocycles. The Hall–Kier alpha value is -1.67. The van der Waals surface area contributed by atoms with Crippen molar-refractivity contribution in [3.05, 3.63) is 63.6 Å². The number of halogens is 1. The Labute approximate surface area is 170 Å². The van der Waals surface area contributed by atoms with Gasteiger partial charge in [0.25, 0.3) is 0 Å². The minimum Gasteiger partial charge on any atom is -0.315 e. The fraction of sp³-hybridized carbons (Fsp3) is 0.167. The molecule has 0 saturated carbocycles. The number of anilines is 1. The van der Waals surface area contributed by atoms with Gasteiger partial charge in [-0.25, -0.2) is 4.68 Å². The van der Waals surface area contributed by atoms with Crippen molar-refractivity contribution >= 4 is 58.5 Å². The molecule has 0 radical (unpaired) electrons. The standard InChI is InChI=1S/C18H16ClN3OS3/c1-12(16(23)21(2)14-6-4-3-5-7-14)25-17-20-22(18(24)26-17)15-10-8-13(19)9-11-15/h3-12H,1-2H3. The Kier molecular flexibility index (Phi) is 6.13. The first kappa shape index (κ1) is 19.1. The first-order valence-corrected chi connectivity index (χ1v) is 10.3. The summed E-state index contributed by atoms with van der Waals surface area (Å²) in [6.45, 7) is 1.88. The molecule has 3 rings (SSSR count). The summed E-state index contributed by atoms with van der Waals surface area (Å²) in [5, 5.41) is 4.93. The number of amides is 1. The average Bonchev–Trinajstić information content (AvgIpc) is 3.02. The van der Waals surface area contributed by atoms with Gasteiger partial charge in [0.2, 0.25) is 5.91 Å². The number of hydrogen-bond donors (Lipinski definition) is 0. The molecule has 4 nitrogen and oxygen atoms in total. The molecule has 0 spiro atoms. The lowest BCUT2D eigenvalue weighted by atomic mass is 10.3. The van der Waals surface area contributed by atoms with E-state index >= 15 is 0 Å². The molecule has 8 heteroatoms. The lowest BCUT2D eigenvalue weighted by molar-refractivity contribution is -0.117. The molecule has 0 N–H and O–H groups in total. The predicted octanol–water partition coefficient (Wildman–Crippen LogP) is 5.46. The van der Waals surface area contributed by atoms with Crippen molar-refractivity contribution in [2.24, 2.45) is 0 Å². The van der Waals surface area contributed by atoms with E-state index in [9.17, 15) is 4.79 Å². The molecule has 1 heterocycles. The van der Waals surface area contributed by atoms with Crippen molar-refractivity contribution in [3.63, 3.8) is 0 Å². The van der Waals surface area contributed by atoms with Crippen LogP contribution in [0, 0.1) is 3.95 Å². The molecule has 0 aliphatic carbocycles. The van der Waals surface area contributed by atoms with Crippen LogP contribution in [0.2, 0.25) is 5.02 Å².